The molecule has 0 saturated heterocycles. The van der Waals surface area contributed by atoms with E-state index in [1.807, 2.05) is 7.05 Å². The topological polar surface area (TPSA) is 65.4 Å². The van der Waals surface area contributed by atoms with Crippen molar-refractivity contribution >= 4 is 12.6 Å². The van der Waals surface area contributed by atoms with Crippen LogP contribution in [0.2, 0.25) is 0 Å². The lowest BCUT2D eigenvalue weighted by Gasteiger charge is -2.14. The van der Waals surface area contributed by atoms with Crippen LogP contribution in [0.15, 0.2) is 31.0 Å². The Labute approximate surface area is 89.8 Å². The van der Waals surface area contributed by atoms with Crippen molar-refractivity contribution in [1.82, 2.24) is 10.3 Å². The van der Waals surface area contributed by atoms with Crippen molar-refractivity contribution in [2.75, 3.05) is 7.05 Å². The molecule has 1 heterocycles. The third-order valence-electron chi connectivity index (χ3n) is 2.21. The van der Waals surface area contributed by atoms with E-state index in [9.17, 15) is 0 Å². The van der Waals surface area contributed by atoms with Gasteiger partial charge in [0.1, 0.15) is 0 Å². The summed E-state index contributed by atoms with van der Waals surface area (Å²) in [4.78, 5) is 4.18. The first-order valence-electron chi connectivity index (χ1n) is 4.79. The number of nitrogens with zero attached hydrogens (tertiary/aromatic N) is 1. The maximum absolute atomic E-state index is 9.02. The summed E-state index contributed by atoms with van der Waals surface area (Å²) < 4.78 is 0. The summed E-state index contributed by atoms with van der Waals surface area (Å²) in [5.41, 5.74) is 1.23. The Bertz CT molecular complexity index is 331. The lowest BCUT2D eigenvalue weighted by molar-refractivity contribution is 0.425. The highest BCUT2D eigenvalue weighted by Gasteiger charge is 2.14. The van der Waals surface area contributed by atoms with Crippen LogP contribution in [0.1, 0.15) is 18.2 Å². The minimum absolute atomic E-state index is 0.0567. The first-order valence-corrected chi connectivity index (χ1v) is 4.79. The fourth-order valence-corrected chi connectivity index (χ4v) is 1.37. The zero-order valence-corrected chi connectivity index (χ0v) is 8.72. The fraction of sp³-hybridized carbons (Fsp3) is 0.300. The molecule has 0 radical (unpaired) electrons. The second-order valence-electron chi connectivity index (χ2n) is 3.25. The predicted octanol–water partition coefficient (Wildman–Crippen LogP) is -0.402. The normalized spacial score (nSPS) is 12.2. The van der Waals surface area contributed by atoms with E-state index in [-0.39, 0.29) is 6.04 Å². The molecule has 0 unspecified atom stereocenters. The van der Waals surface area contributed by atoms with E-state index < -0.39 is 7.12 Å². The third kappa shape index (κ3) is 3.16. The van der Waals surface area contributed by atoms with Gasteiger partial charge in [-0.15, -0.1) is 6.58 Å². The number of hydrogen-bond donors (Lipinski definition) is 3. The summed E-state index contributed by atoms with van der Waals surface area (Å²) in [5.74, 6) is 0. The Morgan fingerprint density at radius 2 is 2.40 bits per heavy atom. The van der Waals surface area contributed by atoms with E-state index >= 15 is 0 Å². The summed E-state index contributed by atoms with van der Waals surface area (Å²) in [6.07, 6.45) is 4.11. The van der Waals surface area contributed by atoms with Crippen molar-refractivity contribution in [3.63, 3.8) is 0 Å². The first-order chi connectivity index (χ1) is 7.19. The number of rotatable bonds is 5. The molecule has 1 aromatic heterocycles. The fourth-order valence-electron chi connectivity index (χ4n) is 1.37. The van der Waals surface area contributed by atoms with Crippen LogP contribution in [0, 0.1) is 0 Å². The van der Waals surface area contributed by atoms with Gasteiger partial charge >= 0.3 is 7.12 Å². The summed E-state index contributed by atoms with van der Waals surface area (Å²) in [6.45, 7) is 3.66. The molecule has 0 aliphatic carbocycles. The highest BCUT2D eigenvalue weighted by molar-refractivity contribution is 6.58. The zero-order chi connectivity index (χ0) is 11.3. The smallest absolute Gasteiger partial charge is 0.423 e. The molecule has 0 bridgehead atoms. The van der Waals surface area contributed by atoms with Gasteiger partial charge in [-0.2, -0.15) is 0 Å². The van der Waals surface area contributed by atoms with Crippen LogP contribution in [0.5, 0.6) is 0 Å². The van der Waals surface area contributed by atoms with Gasteiger partial charge in [-0.3, -0.25) is 4.98 Å². The highest BCUT2D eigenvalue weighted by atomic mass is 16.4. The SMILES string of the molecule is C=CC[C@H](NC)c1cc(B(O)O)ccn1. The van der Waals surface area contributed by atoms with Gasteiger partial charge in [0, 0.05) is 6.20 Å². The summed E-state index contributed by atoms with van der Waals surface area (Å²) in [7, 11) is 0.380. The van der Waals surface area contributed by atoms with Crippen LogP contribution in [0.25, 0.3) is 0 Å². The standard InChI is InChI=1S/C10H15BN2O2/c1-3-4-9(12-2)10-7-8(11(14)15)5-6-13-10/h3,5-7,9,12,14-15H,1,4H2,2H3/t9-/m0/s1. The van der Waals surface area contributed by atoms with Gasteiger partial charge in [0.05, 0.1) is 11.7 Å². The monoisotopic (exact) mass is 206 g/mol. The number of hydrogen-bond acceptors (Lipinski definition) is 4. The van der Waals surface area contributed by atoms with Gasteiger partial charge in [0.25, 0.3) is 0 Å². The Morgan fingerprint density at radius 3 is 2.93 bits per heavy atom. The predicted molar refractivity (Wildman–Crippen MR) is 60.7 cm³/mol. The molecule has 80 valence electrons. The number of pyridine rings is 1. The average molecular weight is 206 g/mol. The molecule has 0 amide bonds. The molecule has 0 spiro atoms. The highest BCUT2D eigenvalue weighted by Crippen LogP contribution is 2.12. The minimum atomic E-state index is -1.45. The molecule has 1 aromatic rings. The number of aromatic nitrogens is 1. The van der Waals surface area contributed by atoms with Gasteiger partial charge in [-0.1, -0.05) is 6.08 Å². The molecule has 0 aliphatic heterocycles. The molecule has 5 heteroatoms. The molecule has 0 fully saturated rings. The van der Waals surface area contributed by atoms with Crippen LogP contribution in [-0.2, 0) is 0 Å². The Hall–Kier alpha value is -1.17. The summed E-state index contributed by atoms with van der Waals surface area (Å²) in [6, 6.07) is 3.31. The van der Waals surface area contributed by atoms with E-state index in [1.165, 1.54) is 0 Å². The largest absolute Gasteiger partial charge is 0.488 e. The average Bonchev–Trinajstić information content (AvgIpc) is 2.26. The van der Waals surface area contributed by atoms with Crippen molar-refractivity contribution in [1.29, 1.82) is 0 Å². The van der Waals surface area contributed by atoms with Crippen molar-refractivity contribution in [3.8, 4) is 0 Å². The summed E-state index contributed by atoms with van der Waals surface area (Å²) in [5, 5.41) is 21.1. The molecule has 1 rings (SSSR count). The van der Waals surface area contributed by atoms with Crippen LogP contribution in [-0.4, -0.2) is 29.2 Å². The van der Waals surface area contributed by atoms with Gasteiger partial charge in [-0.25, -0.2) is 0 Å². The van der Waals surface area contributed by atoms with Crippen LogP contribution < -0.4 is 10.8 Å². The first kappa shape index (κ1) is 11.9. The second-order valence-corrected chi connectivity index (χ2v) is 3.25. The van der Waals surface area contributed by atoms with Crippen molar-refractivity contribution in [2.24, 2.45) is 0 Å². The Balaban J connectivity index is 2.92. The molecular formula is C10H15BN2O2. The molecular weight excluding hydrogens is 191 g/mol. The Kier molecular flexibility index (Phi) is 4.49. The van der Waals surface area contributed by atoms with E-state index in [4.69, 9.17) is 10.0 Å². The lowest BCUT2D eigenvalue weighted by Crippen LogP contribution is -2.31. The van der Waals surface area contributed by atoms with Crippen LogP contribution in [0.4, 0.5) is 0 Å². The van der Waals surface area contributed by atoms with Crippen LogP contribution >= 0.6 is 0 Å². The quantitative estimate of drug-likeness (QED) is 0.453. The van der Waals surface area contributed by atoms with Crippen molar-refractivity contribution in [2.45, 2.75) is 12.5 Å². The number of nitrogens with one attached hydrogen (secondary N) is 1. The van der Waals surface area contributed by atoms with Gasteiger partial charge < -0.3 is 15.4 Å². The molecule has 3 N–H and O–H groups in total. The van der Waals surface area contributed by atoms with Crippen molar-refractivity contribution < 1.29 is 10.0 Å². The molecule has 0 aliphatic rings. The third-order valence-corrected chi connectivity index (χ3v) is 2.21. The van der Waals surface area contributed by atoms with E-state index in [1.54, 1.807) is 24.4 Å². The zero-order valence-electron chi connectivity index (χ0n) is 8.72. The molecule has 0 aromatic carbocycles. The molecule has 1 atom stereocenters. The maximum atomic E-state index is 9.02. The van der Waals surface area contributed by atoms with Gasteiger partial charge in [0.15, 0.2) is 0 Å². The van der Waals surface area contributed by atoms with Gasteiger partial charge in [-0.05, 0) is 31.1 Å². The molecule has 15 heavy (non-hydrogen) atoms. The summed E-state index contributed by atoms with van der Waals surface area (Å²) >= 11 is 0. The van der Waals surface area contributed by atoms with Crippen LogP contribution in [0.3, 0.4) is 0 Å². The maximum Gasteiger partial charge on any atom is 0.488 e. The lowest BCUT2D eigenvalue weighted by atomic mass is 9.80. The molecule has 4 nitrogen and oxygen atoms in total. The van der Waals surface area contributed by atoms with Gasteiger partial charge in [0.2, 0.25) is 0 Å². The van der Waals surface area contributed by atoms with E-state index in [0.717, 1.165) is 12.1 Å². The molecule has 0 saturated carbocycles. The van der Waals surface area contributed by atoms with E-state index in [2.05, 4.69) is 16.9 Å². The van der Waals surface area contributed by atoms with Crippen molar-refractivity contribution in [3.05, 3.63) is 36.7 Å². The Morgan fingerprint density at radius 1 is 1.67 bits per heavy atom. The second kappa shape index (κ2) is 5.65. The van der Waals surface area contributed by atoms with E-state index in [0.29, 0.717) is 5.46 Å². The minimum Gasteiger partial charge on any atom is -0.423 e.